The van der Waals surface area contributed by atoms with Crippen LogP contribution in [-0.4, -0.2) is 37.2 Å². The van der Waals surface area contributed by atoms with Crippen molar-refractivity contribution >= 4 is 17.9 Å². The molecular formula is C63H110O6. The normalized spacial score (nSPS) is 12.6. The minimum atomic E-state index is -0.771. The van der Waals surface area contributed by atoms with Crippen molar-refractivity contribution in [3.8, 4) is 0 Å². The number of carbonyl (C=O) groups excluding carboxylic acids is 3. The lowest BCUT2D eigenvalue weighted by atomic mass is 10.0. The van der Waals surface area contributed by atoms with Crippen LogP contribution in [0.2, 0.25) is 0 Å². The summed E-state index contributed by atoms with van der Waals surface area (Å²) in [5, 5.41) is 0. The molecule has 0 aliphatic carbocycles. The highest BCUT2D eigenvalue weighted by molar-refractivity contribution is 5.71. The van der Waals surface area contributed by atoms with Gasteiger partial charge in [0, 0.05) is 19.3 Å². The van der Waals surface area contributed by atoms with Crippen molar-refractivity contribution in [2.45, 2.75) is 297 Å². The molecule has 398 valence electrons. The monoisotopic (exact) mass is 963 g/mol. The molecule has 0 aliphatic rings. The average Bonchev–Trinajstić information content (AvgIpc) is 3.35. The third-order valence-electron chi connectivity index (χ3n) is 12.7. The predicted molar refractivity (Wildman–Crippen MR) is 298 cm³/mol. The molecular weight excluding hydrogens is 853 g/mol. The number of allylic oxidation sites excluding steroid dienone is 12. The summed E-state index contributed by atoms with van der Waals surface area (Å²) >= 11 is 0. The van der Waals surface area contributed by atoms with Crippen LogP contribution in [-0.2, 0) is 28.6 Å². The Morgan fingerprint density at radius 3 is 0.957 bits per heavy atom. The van der Waals surface area contributed by atoms with E-state index >= 15 is 0 Å². The molecule has 0 spiro atoms. The fourth-order valence-corrected chi connectivity index (χ4v) is 8.30. The van der Waals surface area contributed by atoms with Crippen molar-refractivity contribution in [2.75, 3.05) is 13.2 Å². The third-order valence-corrected chi connectivity index (χ3v) is 12.7. The maximum atomic E-state index is 12.7. The minimum Gasteiger partial charge on any atom is -0.462 e. The SMILES string of the molecule is CC/C=C\C/C=C\C/C=C\C/C=C\C/C=C\CCCCCCCCCCCCCCCCCCCCCC(=O)OCC(COC(=O)CCCCCCCC)OC(=O)CCCCCCC/C=C\CCC. The molecule has 0 aromatic carbocycles. The molecule has 0 aromatic rings. The van der Waals surface area contributed by atoms with Gasteiger partial charge < -0.3 is 14.2 Å². The Balaban J connectivity index is 3.86. The quantitative estimate of drug-likeness (QED) is 0.0262. The van der Waals surface area contributed by atoms with E-state index in [1.54, 1.807) is 0 Å². The molecule has 0 radical (unpaired) electrons. The minimum absolute atomic E-state index is 0.0747. The van der Waals surface area contributed by atoms with Crippen LogP contribution in [0.15, 0.2) is 72.9 Å². The van der Waals surface area contributed by atoms with Crippen molar-refractivity contribution in [3.05, 3.63) is 72.9 Å². The second-order valence-corrected chi connectivity index (χ2v) is 19.5. The van der Waals surface area contributed by atoms with Gasteiger partial charge >= 0.3 is 17.9 Å². The third kappa shape index (κ3) is 55.6. The van der Waals surface area contributed by atoms with Crippen LogP contribution in [0.5, 0.6) is 0 Å². The average molecular weight is 964 g/mol. The van der Waals surface area contributed by atoms with Crippen molar-refractivity contribution in [3.63, 3.8) is 0 Å². The van der Waals surface area contributed by atoms with E-state index in [-0.39, 0.29) is 31.1 Å². The Hall–Kier alpha value is -3.15. The lowest BCUT2D eigenvalue weighted by Gasteiger charge is -2.18. The van der Waals surface area contributed by atoms with Gasteiger partial charge in [-0.1, -0.05) is 261 Å². The number of hydrogen-bond acceptors (Lipinski definition) is 6. The summed E-state index contributed by atoms with van der Waals surface area (Å²) in [7, 11) is 0. The number of rotatable bonds is 53. The van der Waals surface area contributed by atoms with Crippen LogP contribution in [0, 0.1) is 0 Å². The number of hydrogen-bond donors (Lipinski definition) is 0. The Labute approximate surface area is 427 Å². The van der Waals surface area contributed by atoms with Crippen LogP contribution in [0.4, 0.5) is 0 Å². The van der Waals surface area contributed by atoms with Crippen LogP contribution < -0.4 is 0 Å². The summed E-state index contributed by atoms with van der Waals surface area (Å²) in [6.45, 7) is 6.41. The molecule has 0 aromatic heterocycles. The van der Waals surface area contributed by atoms with Gasteiger partial charge in [-0.05, 0) is 83.5 Å². The fourth-order valence-electron chi connectivity index (χ4n) is 8.30. The number of ether oxygens (including phenoxy) is 3. The Morgan fingerprint density at radius 2 is 0.594 bits per heavy atom. The van der Waals surface area contributed by atoms with Crippen molar-refractivity contribution in [1.29, 1.82) is 0 Å². The molecule has 0 fully saturated rings. The Morgan fingerprint density at radius 1 is 0.304 bits per heavy atom. The van der Waals surface area contributed by atoms with Gasteiger partial charge in [-0.25, -0.2) is 0 Å². The second kappa shape index (κ2) is 57.4. The van der Waals surface area contributed by atoms with Crippen LogP contribution in [0.3, 0.4) is 0 Å². The summed E-state index contributed by atoms with van der Waals surface area (Å²) in [6.07, 6.45) is 73.9. The van der Waals surface area contributed by atoms with E-state index in [4.69, 9.17) is 14.2 Å². The summed E-state index contributed by atoms with van der Waals surface area (Å²) in [6, 6.07) is 0. The second-order valence-electron chi connectivity index (χ2n) is 19.5. The lowest BCUT2D eigenvalue weighted by molar-refractivity contribution is -0.167. The standard InChI is InChI=1S/C63H110O6/c1-4-7-10-13-16-18-20-21-22-23-24-25-26-27-28-29-30-31-32-33-34-35-36-37-38-39-40-41-42-43-44-46-47-50-53-56-62(65)68-59-60(58-67-61(64)55-52-49-15-12-9-6-3)69-63(66)57-54-51-48-45-19-17-14-11-8-5-2/h7,10-11,14,16,18,21-22,24-25,27-28,60H,4-6,8-9,12-13,15,17,19-20,23,26,29-59H2,1-3H3/b10-7-,14-11-,18-16-,22-21-,25-24-,28-27-. The molecule has 6 heteroatoms. The summed E-state index contributed by atoms with van der Waals surface area (Å²) in [5.74, 6) is -0.888. The predicted octanol–water partition coefficient (Wildman–Crippen LogP) is 19.8. The summed E-state index contributed by atoms with van der Waals surface area (Å²) < 4.78 is 16.7. The van der Waals surface area contributed by atoms with Gasteiger partial charge in [0.1, 0.15) is 13.2 Å². The highest BCUT2D eigenvalue weighted by Gasteiger charge is 2.19. The fraction of sp³-hybridized carbons (Fsp3) is 0.762. The van der Waals surface area contributed by atoms with E-state index in [9.17, 15) is 14.4 Å². The smallest absolute Gasteiger partial charge is 0.306 e. The zero-order valence-corrected chi connectivity index (χ0v) is 45.6. The van der Waals surface area contributed by atoms with E-state index in [2.05, 4.69) is 93.7 Å². The molecule has 6 nitrogen and oxygen atoms in total. The zero-order valence-electron chi connectivity index (χ0n) is 45.6. The van der Waals surface area contributed by atoms with Crippen LogP contribution >= 0.6 is 0 Å². The maximum Gasteiger partial charge on any atom is 0.306 e. The number of esters is 3. The van der Waals surface area contributed by atoms with Gasteiger partial charge in [0.2, 0.25) is 0 Å². The molecule has 0 amide bonds. The van der Waals surface area contributed by atoms with E-state index in [0.717, 1.165) is 109 Å². The molecule has 0 N–H and O–H groups in total. The van der Waals surface area contributed by atoms with Crippen molar-refractivity contribution < 1.29 is 28.6 Å². The van der Waals surface area contributed by atoms with Gasteiger partial charge in [0.05, 0.1) is 0 Å². The molecule has 0 heterocycles. The topological polar surface area (TPSA) is 78.9 Å². The number of carbonyl (C=O) groups is 3. The molecule has 0 aliphatic heterocycles. The van der Waals surface area contributed by atoms with Crippen LogP contribution in [0.25, 0.3) is 0 Å². The van der Waals surface area contributed by atoms with Gasteiger partial charge in [0.25, 0.3) is 0 Å². The van der Waals surface area contributed by atoms with Crippen molar-refractivity contribution in [2.24, 2.45) is 0 Å². The first-order valence-corrected chi connectivity index (χ1v) is 29.4. The molecule has 1 unspecified atom stereocenters. The highest BCUT2D eigenvalue weighted by atomic mass is 16.6. The van der Waals surface area contributed by atoms with Crippen molar-refractivity contribution in [1.82, 2.24) is 0 Å². The van der Waals surface area contributed by atoms with Gasteiger partial charge in [0.15, 0.2) is 6.10 Å². The van der Waals surface area contributed by atoms with Gasteiger partial charge in [-0.15, -0.1) is 0 Å². The Kier molecular flexibility index (Phi) is 54.8. The number of unbranched alkanes of at least 4 members (excludes halogenated alkanes) is 30. The van der Waals surface area contributed by atoms with Crippen LogP contribution in [0.1, 0.15) is 290 Å². The maximum absolute atomic E-state index is 12.7. The first-order chi connectivity index (χ1) is 34.0. The van der Waals surface area contributed by atoms with Gasteiger partial charge in [-0.3, -0.25) is 14.4 Å². The van der Waals surface area contributed by atoms with E-state index in [0.29, 0.717) is 19.3 Å². The molecule has 0 rings (SSSR count). The summed E-state index contributed by atoms with van der Waals surface area (Å²) in [4.78, 5) is 37.7. The highest BCUT2D eigenvalue weighted by Crippen LogP contribution is 2.16. The van der Waals surface area contributed by atoms with E-state index < -0.39 is 6.10 Å². The molecule has 0 bridgehead atoms. The lowest BCUT2D eigenvalue weighted by Crippen LogP contribution is -2.30. The molecule has 69 heavy (non-hydrogen) atoms. The molecule has 0 saturated carbocycles. The molecule has 0 saturated heterocycles. The summed E-state index contributed by atoms with van der Waals surface area (Å²) in [5.41, 5.74) is 0. The first kappa shape index (κ1) is 65.8. The van der Waals surface area contributed by atoms with Gasteiger partial charge in [-0.2, -0.15) is 0 Å². The zero-order chi connectivity index (χ0) is 50.0. The van der Waals surface area contributed by atoms with E-state index in [1.165, 1.54) is 141 Å². The largest absolute Gasteiger partial charge is 0.462 e. The molecule has 1 atom stereocenters. The Bertz CT molecular complexity index is 1290. The van der Waals surface area contributed by atoms with E-state index in [1.807, 2.05) is 0 Å². The first-order valence-electron chi connectivity index (χ1n) is 29.4.